The number of carbonyl (C=O) groups excluding carboxylic acids is 1. The van der Waals surface area contributed by atoms with Crippen LogP contribution in [-0.2, 0) is 14.8 Å². The van der Waals surface area contributed by atoms with Gasteiger partial charge >= 0.3 is 0 Å². The van der Waals surface area contributed by atoms with E-state index in [0.29, 0.717) is 43.9 Å². The fraction of sp³-hybridized carbons (Fsp3) is 0.440. The number of thiazole rings is 1. The van der Waals surface area contributed by atoms with E-state index in [1.807, 2.05) is 41.5 Å². The fourth-order valence-corrected chi connectivity index (χ4v) is 8.53. The van der Waals surface area contributed by atoms with Gasteiger partial charge in [-0.1, -0.05) is 29.5 Å². The van der Waals surface area contributed by atoms with Crippen LogP contribution in [0.1, 0.15) is 12.8 Å². The zero-order valence-electron chi connectivity index (χ0n) is 20.4. The molecule has 0 spiro atoms. The van der Waals surface area contributed by atoms with Crippen LogP contribution in [0, 0.1) is 5.92 Å². The summed E-state index contributed by atoms with van der Waals surface area (Å²) in [6.45, 7) is 3.49. The van der Waals surface area contributed by atoms with Gasteiger partial charge in [0.2, 0.25) is 15.9 Å². The van der Waals surface area contributed by atoms with Crippen molar-refractivity contribution in [3.63, 3.8) is 0 Å². The number of amides is 1. The molecule has 5 rings (SSSR count). The number of para-hydroxylation sites is 1. The molecule has 0 atom stereocenters. The first kappa shape index (κ1) is 25.3. The van der Waals surface area contributed by atoms with Crippen LogP contribution < -0.4 is 9.64 Å². The lowest BCUT2D eigenvalue weighted by atomic mass is 9.96. The molecule has 0 unspecified atom stereocenters. The highest BCUT2D eigenvalue weighted by atomic mass is 32.2. The maximum atomic E-state index is 13.3. The van der Waals surface area contributed by atoms with Crippen molar-refractivity contribution in [2.45, 2.75) is 22.6 Å². The molecule has 192 valence electrons. The summed E-state index contributed by atoms with van der Waals surface area (Å²) in [5, 5.41) is 0.950. The molecule has 1 amide bonds. The van der Waals surface area contributed by atoms with Gasteiger partial charge in [0.15, 0.2) is 5.13 Å². The third-order valence-electron chi connectivity index (χ3n) is 6.94. The third kappa shape index (κ3) is 4.81. The minimum Gasteiger partial charge on any atom is -0.494 e. The number of nitrogens with zero attached hydrogens (tertiary/aromatic N) is 4. The molecule has 0 saturated carbocycles. The van der Waals surface area contributed by atoms with Crippen LogP contribution in [0.2, 0.25) is 0 Å². The molecule has 2 aliphatic heterocycles. The number of carbonyl (C=O) groups is 1. The largest absolute Gasteiger partial charge is 0.494 e. The zero-order chi connectivity index (χ0) is 25.3. The number of benzene rings is 2. The topological polar surface area (TPSA) is 83.0 Å². The van der Waals surface area contributed by atoms with E-state index in [1.165, 1.54) is 16.1 Å². The van der Waals surface area contributed by atoms with Gasteiger partial charge in [-0.15, -0.1) is 11.8 Å². The van der Waals surface area contributed by atoms with E-state index in [4.69, 9.17) is 9.72 Å². The monoisotopic (exact) mass is 546 g/mol. The minimum atomic E-state index is -3.57. The molecule has 11 heteroatoms. The Hall–Kier alpha value is -2.34. The molecule has 2 aliphatic rings. The van der Waals surface area contributed by atoms with Crippen LogP contribution in [0.15, 0.2) is 52.3 Å². The second kappa shape index (κ2) is 10.6. The Morgan fingerprint density at radius 1 is 1.03 bits per heavy atom. The number of anilines is 1. The van der Waals surface area contributed by atoms with Crippen molar-refractivity contribution >= 4 is 54.4 Å². The molecule has 8 nitrogen and oxygen atoms in total. The predicted molar refractivity (Wildman–Crippen MR) is 145 cm³/mol. The lowest BCUT2D eigenvalue weighted by Crippen LogP contribution is -2.52. The van der Waals surface area contributed by atoms with Crippen molar-refractivity contribution in [1.82, 2.24) is 14.2 Å². The summed E-state index contributed by atoms with van der Waals surface area (Å²) in [6.07, 6.45) is 2.99. The van der Waals surface area contributed by atoms with Crippen LogP contribution in [0.3, 0.4) is 0 Å². The van der Waals surface area contributed by atoms with E-state index in [0.717, 1.165) is 39.1 Å². The van der Waals surface area contributed by atoms with Crippen LogP contribution in [0.25, 0.3) is 10.2 Å². The quantitative estimate of drug-likeness (QED) is 0.435. The lowest BCUT2D eigenvalue weighted by molar-refractivity contribution is -0.137. The van der Waals surface area contributed by atoms with E-state index in [2.05, 4.69) is 4.90 Å². The van der Waals surface area contributed by atoms with Crippen molar-refractivity contribution in [3.05, 3.63) is 42.5 Å². The van der Waals surface area contributed by atoms with E-state index < -0.39 is 10.0 Å². The Morgan fingerprint density at radius 3 is 2.44 bits per heavy atom. The summed E-state index contributed by atoms with van der Waals surface area (Å²) in [5.74, 6) is 0.779. The lowest BCUT2D eigenvalue weighted by Gasteiger charge is -2.38. The van der Waals surface area contributed by atoms with Gasteiger partial charge in [0.1, 0.15) is 11.3 Å². The van der Waals surface area contributed by atoms with Crippen molar-refractivity contribution in [3.8, 4) is 5.75 Å². The van der Waals surface area contributed by atoms with E-state index in [-0.39, 0.29) is 11.8 Å². The van der Waals surface area contributed by atoms with E-state index in [9.17, 15) is 13.2 Å². The Bertz CT molecular complexity index is 1340. The van der Waals surface area contributed by atoms with Crippen LogP contribution in [0.5, 0.6) is 5.75 Å². The van der Waals surface area contributed by atoms with Crippen LogP contribution in [-0.4, -0.2) is 81.1 Å². The van der Waals surface area contributed by atoms with Gasteiger partial charge in [-0.3, -0.25) is 4.79 Å². The number of piperidine rings is 1. The van der Waals surface area contributed by atoms with Crippen molar-refractivity contribution < 1.29 is 17.9 Å². The number of methoxy groups -OCH3 is 1. The highest BCUT2D eigenvalue weighted by Gasteiger charge is 2.35. The van der Waals surface area contributed by atoms with Gasteiger partial charge in [-0.05, 0) is 43.4 Å². The number of aromatic nitrogens is 1. The molecule has 0 aliphatic carbocycles. The summed E-state index contributed by atoms with van der Waals surface area (Å²) in [6, 6.07) is 13.0. The van der Waals surface area contributed by atoms with Gasteiger partial charge in [0, 0.05) is 50.1 Å². The number of piperazine rings is 1. The number of rotatable bonds is 6. The van der Waals surface area contributed by atoms with Crippen molar-refractivity contribution in [1.29, 1.82) is 0 Å². The number of sulfonamides is 1. The molecule has 0 radical (unpaired) electrons. The van der Waals surface area contributed by atoms with Gasteiger partial charge in [0.25, 0.3) is 0 Å². The maximum absolute atomic E-state index is 13.3. The SMILES string of the molecule is COc1cccc2sc(N3CCN(C(=O)C4CCN(S(=O)(=O)c5ccccc5SC)CC4)CC3)nc12. The van der Waals surface area contributed by atoms with Gasteiger partial charge in [-0.25, -0.2) is 13.4 Å². The molecule has 2 aromatic carbocycles. The Morgan fingerprint density at radius 2 is 1.75 bits per heavy atom. The first-order valence-electron chi connectivity index (χ1n) is 12.0. The van der Waals surface area contributed by atoms with Crippen LogP contribution in [0.4, 0.5) is 5.13 Å². The molecule has 1 aromatic heterocycles. The summed E-state index contributed by atoms with van der Waals surface area (Å²) in [5.41, 5.74) is 0.875. The fourth-order valence-electron chi connectivity index (χ4n) is 4.90. The third-order valence-corrected chi connectivity index (χ3v) is 10.9. The van der Waals surface area contributed by atoms with Crippen molar-refractivity contribution in [2.75, 3.05) is 57.5 Å². The average molecular weight is 547 g/mol. The van der Waals surface area contributed by atoms with Gasteiger partial charge in [-0.2, -0.15) is 4.31 Å². The smallest absolute Gasteiger partial charge is 0.244 e. The first-order valence-corrected chi connectivity index (χ1v) is 15.5. The number of hydrogen-bond donors (Lipinski definition) is 0. The summed E-state index contributed by atoms with van der Waals surface area (Å²) in [7, 11) is -1.91. The van der Waals surface area contributed by atoms with Crippen molar-refractivity contribution in [2.24, 2.45) is 5.92 Å². The Kier molecular flexibility index (Phi) is 7.43. The summed E-state index contributed by atoms with van der Waals surface area (Å²) in [4.78, 5) is 23.3. The first-order chi connectivity index (χ1) is 17.4. The van der Waals surface area contributed by atoms with Crippen LogP contribution >= 0.6 is 23.1 Å². The molecule has 2 fully saturated rings. The highest BCUT2D eigenvalue weighted by Crippen LogP contribution is 2.35. The summed E-state index contributed by atoms with van der Waals surface area (Å²) < 4.78 is 34.5. The minimum absolute atomic E-state index is 0.134. The predicted octanol–water partition coefficient (Wildman–Crippen LogP) is 3.78. The normalized spacial score (nSPS) is 18.1. The number of thioether (sulfide) groups is 1. The molecule has 36 heavy (non-hydrogen) atoms. The van der Waals surface area contributed by atoms with Gasteiger partial charge in [0.05, 0.1) is 16.7 Å². The Balaban J connectivity index is 1.18. The van der Waals surface area contributed by atoms with E-state index in [1.54, 1.807) is 30.6 Å². The molecular weight excluding hydrogens is 517 g/mol. The molecule has 0 N–H and O–H groups in total. The molecular formula is C25H30N4O4S3. The molecule has 3 aromatic rings. The molecule has 2 saturated heterocycles. The number of hydrogen-bond acceptors (Lipinski definition) is 8. The Labute approximate surface area is 220 Å². The summed E-state index contributed by atoms with van der Waals surface area (Å²) >= 11 is 3.07. The standard InChI is InChI=1S/C25H30N4O4S3/c1-33-19-6-5-8-21-23(19)26-25(35-21)28-16-14-27(15-17-28)24(30)18-10-12-29(13-11-18)36(31,32)22-9-4-3-7-20(22)34-2/h3-9,18H,10-17H2,1-2H3. The highest BCUT2D eigenvalue weighted by molar-refractivity contribution is 7.99. The number of ether oxygens (including phenoxy) is 1. The van der Waals surface area contributed by atoms with Gasteiger partial charge < -0.3 is 14.5 Å². The zero-order valence-corrected chi connectivity index (χ0v) is 22.9. The van der Waals surface area contributed by atoms with E-state index >= 15 is 0 Å². The second-order valence-corrected chi connectivity index (χ2v) is 12.7. The number of fused-ring (bicyclic) bond motifs is 1. The molecule has 0 bridgehead atoms. The molecule has 3 heterocycles. The maximum Gasteiger partial charge on any atom is 0.244 e. The second-order valence-electron chi connectivity index (χ2n) is 8.95. The average Bonchev–Trinajstić information content (AvgIpc) is 3.37.